The van der Waals surface area contributed by atoms with Crippen LogP contribution in [0.2, 0.25) is 0 Å². The second-order valence-electron chi connectivity index (χ2n) is 4.49. The van der Waals surface area contributed by atoms with Crippen molar-refractivity contribution in [3.8, 4) is 0 Å². The number of aliphatic carboxylic acids is 1. The molecule has 88 valence electrons. The van der Waals surface area contributed by atoms with E-state index < -0.39 is 12.0 Å². The number of rotatable bonds is 1. The fourth-order valence-electron chi connectivity index (χ4n) is 2.69. The molecule has 4 heteroatoms. The summed E-state index contributed by atoms with van der Waals surface area (Å²) >= 11 is 0. The van der Waals surface area contributed by atoms with Crippen LogP contribution in [-0.2, 0) is 11.2 Å². The Morgan fingerprint density at radius 2 is 2.29 bits per heavy atom. The molecule has 0 saturated heterocycles. The number of aryl methyl sites for hydroxylation is 1. The quantitative estimate of drug-likeness (QED) is 0.699. The molecule has 0 saturated carbocycles. The molecule has 1 atom stereocenters. The Kier molecular flexibility index (Phi) is 2.19. The maximum atomic E-state index is 11.2. The molecule has 2 aromatic rings. The van der Waals surface area contributed by atoms with E-state index in [2.05, 4.69) is 23.3 Å². The van der Waals surface area contributed by atoms with Crippen LogP contribution in [-0.4, -0.2) is 22.6 Å². The van der Waals surface area contributed by atoms with Crippen LogP contribution >= 0.6 is 0 Å². The van der Waals surface area contributed by atoms with Crippen molar-refractivity contribution in [1.82, 2.24) is 10.3 Å². The summed E-state index contributed by atoms with van der Waals surface area (Å²) in [5, 5.41) is 13.4. The molecule has 0 spiro atoms. The Hall–Kier alpha value is -1.81. The van der Waals surface area contributed by atoms with Gasteiger partial charge in [0, 0.05) is 23.1 Å². The Balaban J connectivity index is 2.29. The summed E-state index contributed by atoms with van der Waals surface area (Å²) in [5.74, 6) is -0.824. The molecule has 1 aliphatic heterocycles. The van der Waals surface area contributed by atoms with Gasteiger partial charge in [-0.05, 0) is 30.5 Å². The van der Waals surface area contributed by atoms with Crippen LogP contribution in [0, 0.1) is 6.92 Å². The minimum Gasteiger partial charge on any atom is -0.480 e. The molecular weight excluding hydrogens is 216 g/mol. The molecule has 4 nitrogen and oxygen atoms in total. The van der Waals surface area contributed by atoms with Crippen molar-refractivity contribution in [1.29, 1.82) is 0 Å². The Morgan fingerprint density at radius 1 is 1.47 bits per heavy atom. The van der Waals surface area contributed by atoms with Gasteiger partial charge in [-0.25, -0.2) is 0 Å². The average molecular weight is 230 g/mol. The second kappa shape index (κ2) is 3.60. The fourth-order valence-corrected chi connectivity index (χ4v) is 2.69. The van der Waals surface area contributed by atoms with Crippen molar-refractivity contribution in [3.63, 3.8) is 0 Å². The van der Waals surface area contributed by atoms with Gasteiger partial charge in [0.2, 0.25) is 0 Å². The van der Waals surface area contributed by atoms with Gasteiger partial charge in [0.25, 0.3) is 0 Å². The van der Waals surface area contributed by atoms with Gasteiger partial charge < -0.3 is 10.1 Å². The number of hydrogen-bond donors (Lipinski definition) is 3. The lowest BCUT2D eigenvalue weighted by molar-refractivity contribution is -0.139. The van der Waals surface area contributed by atoms with Crippen molar-refractivity contribution < 1.29 is 9.90 Å². The van der Waals surface area contributed by atoms with Crippen LogP contribution < -0.4 is 5.32 Å². The van der Waals surface area contributed by atoms with E-state index >= 15 is 0 Å². The minimum absolute atomic E-state index is 0.606. The number of H-pyrrole nitrogens is 1. The maximum absolute atomic E-state index is 11.2. The number of carboxylic acids is 1. The molecule has 0 amide bonds. The first kappa shape index (κ1) is 10.4. The van der Waals surface area contributed by atoms with Gasteiger partial charge in [0.1, 0.15) is 6.04 Å². The fraction of sp³-hybridized carbons (Fsp3) is 0.308. The number of aromatic nitrogens is 1. The molecule has 1 aromatic carbocycles. The highest BCUT2D eigenvalue weighted by molar-refractivity contribution is 5.90. The summed E-state index contributed by atoms with van der Waals surface area (Å²) in [5.41, 5.74) is 4.20. The number of aromatic amines is 1. The van der Waals surface area contributed by atoms with Crippen molar-refractivity contribution >= 4 is 16.9 Å². The minimum atomic E-state index is -0.824. The molecule has 0 radical (unpaired) electrons. The Morgan fingerprint density at radius 3 is 3.06 bits per heavy atom. The summed E-state index contributed by atoms with van der Waals surface area (Å²) < 4.78 is 0. The number of fused-ring (bicyclic) bond motifs is 3. The molecule has 0 aliphatic carbocycles. The van der Waals surface area contributed by atoms with E-state index in [4.69, 9.17) is 0 Å². The highest BCUT2D eigenvalue weighted by atomic mass is 16.4. The summed E-state index contributed by atoms with van der Waals surface area (Å²) in [4.78, 5) is 14.4. The highest BCUT2D eigenvalue weighted by Gasteiger charge is 2.29. The van der Waals surface area contributed by atoms with Gasteiger partial charge in [0.15, 0.2) is 0 Å². The zero-order chi connectivity index (χ0) is 12.0. The van der Waals surface area contributed by atoms with Crippen molar-refractivity contribution in [2.75, 3.05) is 6.54 Å². The standard InChI is InChI=1S/C13H14N2O2/c1-7-3-2-4-9-10(7)8-5-6-14-12(13(16)17)11(8)15-9/h2-4,12,14-15H,5-6H2,1H3,(H,16,17). The maximum Gasteiger partial charge on any atom is 0.326 e. The third-order valence-electron chi connectivity index (χ3n) is 3.43. The third-order valence-corrected chi connectivity index (χ3v) is 3.43. The Labute approximate surface area is 98.6 Å². The van der Waals surface area contributed by atoms with Gasteiger partial charge in [-0.2, -0.15) is 0 Å². The second-order valence-corrected chi connectivity index (χ2v) is 4.49. The van der Waals surface area contributed by atoms with E-state index in [-0.39, 0.29) is 0 Å². The van der Waals surface area contributed by atoms with Crippen molar-refractivity contribution in [2.24, 2.45) is 0 Å². The molecule has 3 N–H and O–H groups in total. The first-order valence-corrected chi connectivity index (χ1v) is 5.74. The zero-order valence-corrected chi connectivity index (χ0v) is 9.58. The van der Waals surface area contributed by atoms with E-state index in [0.29, 0.717) is 6.54 Å². The lowest BCUT2D eigenvalue weighted by Crippen LogP contribution is -2.34. The molecular formula is C13H14N2O2. The first-order valence-electron chi connectivity index (χ1n) is 5.74. The molecule has 0 bridgehead atoms. The van der Waals surface area contributed by atoms with Gasteiger partial charge in [0.05, 0.1) is 0 Å². The zero-order valence-electron chi connectivity index (χ0n) is 9.58. The van der Waals surface area contributed by atoms with Crippen molar-refractivity contribution in [2.45, 2.75) is 19.4 Å². The number of nitrogens with one attached hydrogen (secondary N) is 2. The summed E-state index contributed by atoms with van der Waals surface area (Å²) in [7, 11) is 0. The van der Waals surface area contributed by atoms with Crippen LogP contribution in [0.1, 0.15) is 22.9 Å². The molecule has 0 fully saturated rings. The van der Waals surface area contributed by atoms with Crippen LogP contribution in [0.3, 0.4) is 0 Å². The predicted octanol–water partition coefficient (Wildman–Crippen LogP) is 1.75. The summed E-state index contributed by atoms with van der Waals surface area (Å²) in [6.07, 6.45) is 0.879. The van der Waals surface area contributed by atoms with Crippen LogP contribution in [0.4, 0.5) is 0 Å². The number of hydrogen-bond acceptors (Lipinski definition) is 2. The lowest BCUT2D eigenvalue weighted by Gasteiger charge is -2.20. The van der Waals surface area contributed by atoms with Crippen LogP contribution in [0.15, 0.2) is 18.2 Å². The van der Waals surface area contributed by atoms with Crippen LogP contribution in [0.25, 0.3) is 10.9 Å². The molecule has 3 rings (SSSR count). The van der Waals surface area contributed by atoms with E-state index in [1.807, 2.05) is 12.1 Å². The molecule has 1 unspecified atom stereocenters. The number of carbonyl (C=O) groups is 1. The highest BCUT2D eigenvalue weighted by Crippen LogP contribution is 2.31. The molecule has 1 aliphatic rings. The third kappa shape index (κ3) is 1.45. The summed E-state index contributed by atoms with van der Waals surface area (Å²) in [6, 6.07) is 5.45. The van der Waals surface area contributed by atoms with Gasteiger partial charge in [-0.3, -0.25) is 10.1 Å². The predicted molar refractivity (Wildman–Crippen MR) is 65.1 cm³/mol. The van der Waals surface area contributed by atoms with E-state index in [9.17, 15) is 9.90 Å². The number of carboxylic acid groups (broad SMARTS) is 1. The van der Waals surface area contributed by atoms with Gasteiger partial charge in [-0.1, -0.05) is 12.1 Å². The Bertz CT molecular complexity index is 601. The largest absolute Gasteiger partial charge is 0.480 e. The van der Waals surface area contributed by atoms with Gasteiger partial charge >= 0.3 is 5.97 Å². The molecule has 17 heavy (non-hydrogen) atoms. The number of benzene rings is 1. The normalized spacial score (nSPS) is 19.2. The monoisotopic (exact) mass is 230 g/mol. The van der Waals surface area contributed by atoms with Gasteiger partial charge in [-0.15, -0.1) is 0 Å². The van der Waals surface area contributed by atoms with E-state index in [1.165, 1.54) is 10.9 Å². The van der Waals surface area contributed by atoms with Crippen molar-refractivity contribution in [3.05, 3.63) is 35.0 Å². The first-order chi connectivity index (χ1) is 8.18. The summed E-state index contributed by atoms with van der Waals surface area (Å²) in [6.45, 7) is 2.78. The SMILES string of the molecule is Cc1cccc2[nH]c3c(c12)CCNC3C(=O)O. The van der Waals surface area contributed by atoms with Crippen LogP contribution in [0.5, 0.6) is 0 Å². The smallest absolute Gasteiger partial charge is 0.326 e. The average Bonchev–Trinajstić information content (AvgIpc) is 2.67. The molecule has 2 heterocycles. The van der Waals surface area contributed by atoms with E-state index in [0.717, 1.165) is 23.2 Å². The van der Waals surface area contributed by atoms with E-state index in [1.54, 1.807) is 0 Å². The molecule has 1 aromatic heterocycles. The lowest BCUT2D eigenvalue weighted by atomic mass is 9.97. The topological polar surface area (TPSA) is 65.1 Å².